The Kier molecular flexibility index (Phi) is 6.61. The maximum Gasteiger partial charge on any atom is 0.272 e. The van der Waals surface area contributed by atoms with Crippen LogP contribution < -0.4 is 10.6 Å². The van der Waals surface area contributed by atoms with Crippen molar-refractivity contribution in [2.75, 3.05) is 25.0 Å². The van der Waals surface area contributed by atoms with Crippen molar-refractivity contribution in [3.63, 3.8) is 0 Å². The van der Waals surface area contributed by atoms with Crippen LogP contribution in [0.4, 0.5) is 5.69 Å². The number of nitrogens with zero attached hydrogens (tertiary/aromatic N) is 2. The standard InChI is InChI=1S/C23H24ClN5O3/c24-17-6-2-3-7-18(17)26-15-9-11-29(12-10-15)22(31)14-25-23(32)20-13-19(27-28-20)16-5-1-4-8-21(16)30/h1-8,13,15,26,30H,9-12,14H2,(H,25,32)(H,27,28). The summed E-state index contributed by atoms with van der Waals surface area (Å²) in [6.45, 7) is 1.12. The second-order valence-corrected chi connectivity index (χ2v) is 8.05. The van der Waals surface area contributed by atoms with Gasteiger partial charge in [0.25, 0.3) is 5.91 Å². The lowest BCUT2D eigenvalue weighted by atomic mass is 10.0. The number of aromatic amines is 1. The number of para-hydroxylation sites is 2. The summed E-state index contributed by atoms with van der Waals surface area (Å²) in [5.74, 6) is -0.497. The van der Waals surface area contributed by atoms with Crippen molar-refractivity contribution < 1.29 is 14.7 Å². The minimum Gasteiger partial charge on any atom is -0.507 e. The number of nitrogens with one attached hydrogen (secondary N) is 3. The summed E-state index contributed by atoms with van der Waals surface area (Å²) in [5, 5.41) is 23.4. The van der Waals surface area contributed by atoms with E-state index in [4.69, 9.17) is 11.6 Å². The third kappa shape index (κ3) is 5.03. The number of rotatable bonds is 6. The lowest BCUT2D eigenvalue weighted by Crippen LogP contribution is -2.46. The van der Waals surface area contributed by atoms with Gasteiger partial charge in [-0.2, -0.15) is 5.10 Å². The fourth-order valence-electron chi connectivity index (χ4n) is 3.71. The van der Waals surface area contributed by atoms with Crippen LogP contribution in [0, 0.1) is 0 Å². The number of phenolic OH excluding ortho intramolecular Hbond substituents is 1. The van der Waals surface area contributed by atoms with Gasteiger partial charge in [0.15, 0.2) is 5.69 Å². The third-order valence-electron chi connectivity index (χ3n) is 5.49. The molecule has 2 aromatic carbocycles. The first kappa shape index (κ1) is 21.7. The number of hydrogen-bond acceptors (Lipinski definition) is 5. The van der Waals surface area contributed by atoms with E-state index < -0.39 is 5.91 Å². The molecule has 8 nitrogen and oxygen atoms in total. The Balaban J connectivity index is 1.25. The molecular formula is C23H24ClN5O3. The largest absolute Gasteiger partial charge is 0.507 e. The molecule has 4 rings (SSSR count). The highest BCUT2D eigenvalue weighted by Gasteiger charge is 2.23. The van der Waals surface area contributed by atoms with Gasteiger partial charge in [0, 0.05) is 24.7 Å². The van der Waals surface area contributed by atoms with Crippen molar-refractivity contribution in [2.24, 2.45) is 0 Å². The molecule has 1 aliphatic rings. The molecule has 0 aliphatic carbocycles. The number of anilines is 1. The fraction of sp³-hybridized carbons (Fsp3) is 0.261. The normalized spacial score (nSPS) is 14.2. The van der Waals surface area contributed by atoms with Crippen LogP contribution in [-0.2, 0) is 4.79 Å². The number of carbonyl (C=O) groups excluding carboxylic acids is 2. The maximum atomic E-state index is 12.5. The Morgan fingerprint density at radius 3 is 2.59 bits per heavy atom. The van der Waals surface area contributed by atoms with E-state index in [0.717, 1.165) is 18.5 Å². The zero-order valence-corrected chi connectivity index (χ0v) is 18.1. The van der Waals surface area contributed by atoms with Gasteiger partial charge in [-0.3, -0.25) is 14.7 Å². The van der Waals surface area contributed by atoms with E-state index in [0.29, 0.717) is 29.4 Å². The number of benzene rings is 2. The van der Waals surface area contributed by atoms with Crippen molar-refractivity contribution in [2.45, 2.75) is 18.9 Å². The van der Waals surface area contributed by atoms with Crippen molar-refractivity contribution in [1.82, 2.24) is 20.4 Å². The summed E-state index contributed by atoms with van der Waals surface area (Å²) in [7, 11) is 0. The number of phenols is 1. The molecule has 2 amide bonds. The second kappa shape index (κ2) is 9.74. The first-order valence-corrected chi connectivity index (χ1v) is 10.8. The van der Waals surface area contributed by atoms with Gasteiger partial charge >= 0.3 is 0 Å². The predicted molar refractivity (Wildman–Crippen MR) is 123 cm³/mol. The average Bonchev–Trinajstić information content (AvgIpc) is 3.30. The van der Waals surface area contributed by atoms with Gasteiger partial charge in [0.05, 0.1) is 22.9 Å². The molecule has 166 valence electrons. The molecule has 0 bridgehead atoms. The van der Waals surface area contributed by atoms with E-state index in [1.165, 1.54) is 0 Å². The molecule has 0 spiro atoms. The summed E-state index contributed by atoms with van der Waals surface area (Å²) in [6.07, 6.45) is 1.60. The highest BCUT2D eigenvalue weighted by Crippen LogP contribution is 2.27. The number of likely N-dealkylation sites (tertiary alicyclic amines) is 1. The summed E-state index contributed by atoms with van der Waals surface area (Å²) in [4.78, 5) is 26.7. The SMILES string of the molecule is O=C(NCC(=O)N1CCC(Nc2ccccc2Cl)CC1)c1cc(-c2ccccc2O)[nH]n1. The van der Waals surface area contributed by atoms with Crippen LogP contribution in [0.2, 0.25) is 5.02 Å². The zero-order chi connectivity index (χ0) is 22.5. The van der Waals surface area contributed by atoms with Crippen molar-refractivity contribution in [3.05, 3.63) is 65.3 Å². The van der Waals surface area contributed by atoms with Crippen LogP contribution in [0.1, 0.15) is 23.3 Å². The van der Waals surface area contributed by atoms with Gasteiger partial charge in [0.2, 0.25) is 5.91 Å². The highest BCUT2D eigenvalue weighted by atomic mass is 35.5. The molecule has 1 saturated heterocycles. The van der Waals surface area contributed by atoms with E-state index in [-0.39, 0.29) is 29.9 Å². The average molecular weight is 454 g/mol. The molecule has 0 saturated carbocycles. The molecule has 0 radical (unpaired) electrons. The molecule has 1 aromatic heterocycles. The van der Waals surface area contributed by atoms with Crippen molar-refractivity contribution in [3.8, 4) is 17.0 Å². The highest BCUT2D eigenvalue weighted by molar-refractivity contribution is 6.33. The van der Waals surface area contributed by atoms with E-state index in [1.54, 1.807) is 35.2 Å². The molecule has 1 fully saturated rings. The van der Waals surface area contributed by atoms with Gasteiger partial charge < -0.3 is 20.6 Å². The van der Waals surface area contributed by atoms with Crippen LogP contribution in [0.15, 0.2) is 54.6 Å². The Bertz CT molecular complexity index is 1110. The van der Waals surface area contributed by atoms with E-state index >= 15 is 0 Å². The lowest BCUT2D eigenvalue weighted by Gasteiger charge is -2.33. The first-order valence-electron chi connectivity index (χ1n) is 10.4. The molecule has 0 unspecified atom stereocenters. The number of amides is 2. The number of carbonyl (C=O) groups is 2. The smallest absolute Gasteiger partial charge is 0.272 e. The molecule has 4 N–H and O–H groups in total. The van der Waals surface area contributed by atoms with E-state index in [9.17, 15) is 14.7 Å². The van der Waals surface area contributed by atoms with Crippen LogP contribution >= 0.6 is 11.6 Å². The van der Waals surface area contributed by atoms with Crippen LogP contribution in [0.5, 0.6) is 5.75 Å². The molecule has 3 aromatic rings. The molecular weight excluding hydrogens is 430 g/mol. The second-order valence-electron chi connectivity index (χ2n) is 7.65. The first-order chi connectivity index (χ1) is 15.5. The van der Waals surface area contributed by atoms with Gasteiger partial charge in [-0.05, 0) is 43.2 Å². The Hall–Kier alpha value is -3.52. The number of piperidine rings is 1. The van der Waals surface area contributed by atoms with Crippen molar-refractivity contribution >= 4 is 29.1 Å². The molecule has 1 aliphatic heterocycles. The molecule has 2 heterocycles. The quantitative estimate of drug-likeness (QED) is 0.458. The topological polar surface area (TPSA) is 110 Å². The number of hydrogen-bond donors (Lipinski definition) is 4. The van der Waals surface area contributed by atoms with Gasteiger partial charge in [-0.15, -0.1) is 0 Å². The Morgan fingerprint density at radius 1 is 1.12 bits per heavy atom. The molecule has 0 atom stereocenters. The fourth-order valence-corrected chi connectivity index (χ4v) is 3.90. The summed E-state index contributed by atoms with van der Waals surface area (Å²) >= 11 is 6.20. The van der Waals surface area contributed by atoms with Gasteiger partial charge in [-0.25, -0.2) is 0 Å². The molecule has 9 heteroatoms. The Labute approximate surface area is 190 Å². The minimum absolute atomic E-state index is 0.0886. The molecule has 32 heavy (non-hydrogen) atoms. The van der Waals surface area contributed by atoms with Crippen LogP contribution in [0.25, 0.3) is 11.3 Å². The minimum atomic E-state index is -0.452. The van der Waals surface area contributed by atoms with Crippen molar-refractivity contribution in [1.29, 1.82) is 0 Å². The predicted octanol–water partition coefficient (Wildman–Crippen LogP) is 3.27. The van der Waals surface area contributed by atoms with Gasteiger partial charge in [-0.1, -0.05) is 35.9 Å². The number of H-pyrrole nitrogens is 1. The van der Waals surface area contributed by atoms with E-state index in [1.807, 2.05) is 24.3 Å². The third-order valence-corrected chi connectivity index (χ3v) is 5.82. The van der Waals surface area contributed by atoms with Crippen LogP contribution in [0.3, 0.4) is 0 Å². The number of aromatic hydroxyl groups is 1. The monoisotopic (exact) mass is 453 g/mol. The summed E-state index contributed by atoms with van der Waals surface area (Å²) in [5.41, 5.74) is 2.11. The Morgan fingerprint density at radius 2 is 1.84 bits per heavy atom. The number of aromatic nitrogens is 2. The van der Waals surface area contributed by atoms with Crippen LogP contribution in [-0.4, -0.2) is 57.7 Å². The van der Waals surface area contributed by atoms with Gasteiger partial charge in [0.1, 0.15) is 5.75 Å². The maximum absolute atomic E-state index is 12.5. The zero-order valence-electron chi connectivity index (χ0n) is 17.3. The summed E-state index contributed by atoms with van der Waals surface area (Å²) < 4.78 is 0. The van der Waals surface area contributed by atoms with E-state index in [2.05, 4.69) is 20.8 Å². The lowest BCUT2D eigenvalue weighted by molar-refractivity contribution is -0.131. The summed E-state index contributed by atoms with van der Waals surface area (Å²) in [6, 6.07) is 16.2. The number of halogens is 1.